The first-order valence-corrected chi connectivity index (χ1v) is 8.77. The van der Waals surface area contributed by atoms with Crippen LogP contribution in [0.5, 0.6) is 0 Å². The quantitative estimate of drug-likeness (QED) is 0.157. The maximum Gasteiger partial charge on any atom is 0.326 e. The highest BCUT2D eigenvalue weighted by Crippen LogP contribution is 2.01. The Morgan fingerprint density at radius 3 is 1.93 bits per heavy atom. The van der Waals surface area contributed by atoms with Crippen molar-refractivity contribution in [1.82, 2.24) is 16.0 Å². The summed E-state index contributed by atoms with van der Waals surface area (Å²) in [5, 5.41) is 15.7. The highest BCUT2D eigenvalue weighted by molar-refractivity contribution is 5.94. The van der Waals surface area contributed by atoms with Crippen LogP contribution in [0.25, 0.3) is 0 Å². The van der Waals surface area contributed by atoms with Crippen molar-refractivity contribution in [3.05, 3.63) is 0 Å². The number of carboxylic acid groups (broad SMARTS) is 1. The number of carbonyl (C=O) groups excluding carboxylic acids is 5. The van der Waals surface area contributed by atoms with Crippen LogP contribution in [0.4, 0.5) is 0 Å². The van der Waals surface area contributed by atoms with Gasteiger partial charge < -0.3 is 38.3 Å². The van der Waals surface area contributed by atoms with Crippen molar-refractivity contribution in [2.75, 3.05) is 6.54 Å². The molecule has 0 aliphatic carbocycles. The van der Waals surface area contributed by atoms with Gasteiger partial charge in [0, 0.05) is 6.42 Å². The molecule has 3 unspecified atom stereocenters. The predicted molar refractivity (Wildman–Crippen MR) is 99.6 cm³/mol. The second-order valence-corrected chi connectivity index (χ2v) is 6.68. The minimum Gasteiger partial charge on any atom is -0.480 e. The molecule has 0 heterocycles. The van der Waals surface area contributed by atoms with Gasteiger partial charge in [0.2, 0.25) is 29.5 Å². The van der Waals surface area contributed by atoms with E-state index in [1.54, 1.807) is 13.8 Å². The Labute approximate surface area is 167 Å². The molecule has 0 spiro atoms. The number of primary amides is 2. The van der Waals surface area contributed by atoms with Crippen molar-refractivity contribution in [1.29, 1.82) is 0 Å². The number of hydrogen-bond acceptors (Lipinski definition) is 7. The third-order valence-corrected chi connectivity index (χ3v) is 3.80. The van der Waals surface area contributed by atoms with Crippen LogP contribution in [-0.2, 0) is 28.8 Å². The Balaban J connectivity index is 5.02. The van der Waals surface area contributed by atoms with Crippen LogP contribution in [0.2, 0.25) is 0 Å². The van der Waals surface area contributed by atoms with Crippen molar-refractivity contribution in [2.24, 2.45) is 23.1 Å². The summed E-state index contributed by atoms with van der Waals surface area (Å²) in [5.74, 6) is -5.68. The van der Waals surface area contributed by atoms with Gasteiger partial charge in [-0.1, -0.05) is 13.8 Å². The summed E-state index contributed by atoms with van der Waals surface area (Å²) in [6.07, 6.45) is -1.17. The average Bonchev–Trinajstić information content (AvgIpc) is 2.60. The molecule has 0 fully saturated rings. The van der Waals surface area contributed by atoms with Crippen molar-refractivity contribution in [3.63, 3.8) is 0 Å². The lowest BCUT2D eigenvalue weighted by Crippen LogP contribution is -2.54. The summed E-state index contributed by atoms with van der Waals surface area (Å²) in [6, 6.07) is -3.78. The molecule has 5 amide bonds. The molecule has 0 aromatic heterocycles. The lowest BCUT2D eigenvalue weighted by Gasteiger charge is -2.21. The van der Waals surface area contributed by atoms with E-state index in [0.717, 1.165) is 0 Å². The highest BCUT2D eigenvalue weighted by atomic mass is 16.4. The van der Waals surface area contributed by atoms with Gasteiger partial charge >= 0.3 is 5.97 Å². The summed E-state index contributed by atoms with van der Waals surface area (Å²) in [7, 11) is 0. The predicted octanol–water partition coefficient (Wildman–Crippen LogP) is -3.72. The monoisotopic (exact) mass is 416 g/mol. The van der Waals surface area contributed by atoms with Crippen LogP contribution in [0.15, 0.2) is 0 Å². The minimum absolute atomic E-state index is 0.162. The molecule has 13 nitrogen and oxygen atoms in total. The fourth-order valence-corrected chi connectivity index (χ4v) is 2.06. The normalized spacial score (nSPS) is 13.7. The van der Waals surface area contributed by atoms with E-state index in [1.807, 2.05) is 0 Å². The van der Waals surface area contributed by atoms with E-state index in [1.165, 1.54) is 0 Å². The molecule has 13 heteroatoms. The topological polar surface area (TPSA) is 237 Å². The first-order chi connectivity index (χ1) is 13.3. The first kappa shape index (κ1) is 25.8. The van der Waals surface area contributed by atoms with E-state index in [0.29, 0.717) is 0 Å². The van der Waals surface area contributed by atoms with Gasteiger partial charge in [0.1, 0.15) is 12.1 Å². The van der Waals surface area contributed by atoms with E-state index in [4.69, 9.17) is 22.3 Å². The second-order valence-electron chi connectivity index (χ2n) is 6.68. The maximum atomic E-state index is 12.3. The zero-order chi connectivity index (χ0) is 22.7. The van der Waals surface area contributed by atoms with Crippen LogP contribution in [0.3, 0.4) is 0 Å². The number of aliphatic carboxylic acids is 1. The summed E-state index contributed by atoms with van der Waals surface area (Å²) < 4.78 is 0. The van der Waals surface area contributed by atoms with Crippen LogP contribution >= 0.6 is 0 Å². The second kappa shape index (κ2) is 12.3. The zero-order valence-electron chi connectivity index (χ0n) is 16.3. The molecule has 10 N–H and O–H groups in total. The number of carboxylic acids is 1. The van der Waals surface area contributed by atoms with E-state index >= 15 is 0 Å². The smallest absolute Gasteiger partial charge is 0.326 e. The largest absolute Gasteiger partial charge is 0.480 e. The molecule has 0 aliphatic rings. The van der Waals surface area contributed by atoms with Gasteiger partial charge in [0.15, 0.2) is 0 Å². The van der Waals surface area contributed by atoms with Gasteiger partial charge in [-0.2, -0.15) is 0 Å². The molecule has 164 valence electrons. The van der Waals surface area contributed by atoms with Crippen LogP contribution in [0.1, 0.15) is 33.1 Å². The van der Waals surface area contributed by atoms with Crippen LogP contribution in [0, 0.1) is 5.92 Å². The number of hydrogen-bond donors (Lipinski definition) is 7. The molecule has 0 rings (SSSR count). The summed E-state index contributed by atoms with van der Waals surface area (Å²) in [5.41, 5.74) is 15.6. The number of rotatable bonds is 13. The third-order valence-electron chi connectivity index (χ3n) is 3.80. The van der Waals surface area contributed by atoms with Crippen molar-refractivity contribution in [3.8, 4) is 0 Å². The van der Waals surface area contributed by atoms with Gasteiger partial charge in [0.25, 0.3) is 0 Å². The zero-order valence-corrected chi connectivity index (χ0v) is 16.3. The molecule has 29 heavy (non-hydrogen) atoms. The van der Waals surface area contributed by atoms with Crippen LogP contribution in [-0.4, -0.2) is 65.3 Å². The maximum absolute atomic E-state index is 12.3. The molecular weight excluding hydrogens is 388 g/mol. The van der Waals surface area contributed by atoms with Gasteiger partial charge in [-0.3, -0.25) is 24.0 Å². The average molecular weight is 416 g/mol. The lowest BCUT2D eigenvalue weighted by molar-refractivity contribution is -0.143. The van der Waals surface area contributed by atoms with Crippen molar-refractivity contribution < 1.29 is 33.9 Å². The molecule has 0 aromatic carbocycles. The SMILES string of the molecule is CC(C)C(N)C(=O)NCC(=O)NC(CCC(N)=O)C(=O)NC(CC(N)=O)C(=O)O. The van der Waals surface area contributed by atoms with E-state index in [-0.39, 0.29) is 18.8 Å². The molecule has 0 radical (unpaired) electrons. The molecule has 0 saturated carbocycles. The van der Waals surface area contributed by atoms with Gasteiger partial charge in [-0.05, 0) is 12.3 Å². The fourth-order valence-electron chi connectivity index (χ4n) is 2.06. The fraction of sp³-hybridized carbons (Fsp3) is 0.625. The molecule has 3 atom stereocenters. The Bertz CT molecular complexity index is 652. The molecular formula is C16H28N6O7. The van der Waals surface area contributed by atoms with Crippen molar-refractivity contribution >= 4 is 35.5 Å². The van der Waals surface area contributed by atoms with Crippen molar-refractivity contribution in [2.45, 2.75) is 51.2 Å². The third kappa shape index (κ3) is 10.6. The number of nitrogens with one attached hydrogen (secondary N) is 3. The van der Waals surface area contributed by atoms with Gasteiger partial charge in [-0.25, -0.2) is 4.79 Å². The first-order valence-electron chi connectivity index (χ1n) is 8.77. The molecule has 0 bridgehead atoms. The highest BCUT2D eigenvalue weighted by Gasteiger charge is 2.28. The summed E-state index contributed by atoms with van der Waals surface area (Å²) in [6.45, 7) is 2.95. The molecule has 0 aromatic rings. The van der Waals surface area contributed by atoms with E-state index in [2.05, 4.69) is 16.0 Å². The van der Waals surface area contributed by atoms with Crippen LogP contribution < -0.4 is 33.2 Å². The standard InChI is InChI=1S/C16H28N6O7/c1-7(2)13(19)15(27)20-6-12(25)21-8(3-4-10(17)23)14(26)22-9(16(28)29)5-11(18)24/h7-9,13H,3-6,19H2,1-2H3,(H2,17,23)(H2,18,24)(H,20,27)(H,21,25)(H,22,26)(H,28,29). The summed E-state index contributed by atoms with van der Waals surface area (Å²) >= 11 is 0. The van der Waals surface area contributed by atoms with E-state index in [9.17, 15) is 28.8 Å². The number of carbonyl (C=O) groups is 6. The van der Waals surface area contributed by atoms with Gasteiger partial charge in [0.05, 0.1) is 19.0 Å². The Hall–Kier alpha value is -3.22. The summed E-state index contributed by atoms with van der Waals surface area (Å²) in [4.78, 5) is 69.2. The Morgan fingerprint density at radius 2 is 1.48 bits per heavy atom. The lowest BCUT2D eigenvalue weighted by atomic mass is 10.1. The van der Waals surface area contributed by atoms with Gasteiger partial charge in [-0.15, -0.1) is 0 Å². The Kier molecular flexibility index (Phi) is 10.9. The number of nitrogens with two attached hydrogens (primary N) is 3. The Morgan fingerprint density at radius 1 is 0.897 bits per heavy atom. The van der Waals surface area contributed by atoms with E-state index < -0.39 is 66.6 Å². The number of amides is 5. The minimum atomic E-state index is -1.61. The molecule has 0 aliphatic heterocycles. The molecule has 0 saturated heterocycles.